The average Bonchev–Trinajstić information content (AvgIpc) is 2.27. The zero-order valence-electron chi connectivity index (χ0n) is 10.6. The first-order valence-corrected chi connectivity index (χ1v) is 6.17. The predicted molar refractivity (Wildman–Crippen MR) is 72.9 cm³/mol. The molecule has 0 saturated carbocycles. The van der Waals surface area contributed by atoms with Gasteiger partial charge in [0.05, 0.1) is 5.52 Å². The standard InChI is InChI=1S/C15H20N2/c1-15(2,16)9-3-5-12-7-8-14-13(11-12)6-4-10-17-14/h4,6-8,10-11H,3,5,9,16H2,1-2H3. The molecule has 17 heavy (non-hydrogen) atoms. The molecular formula is C15H20N2. The molecule has 0 radical (unpaired) electrons. The topological polar surface area (TPSA) is 38.9 Å². The van der Waals surface area contributed by atoms with Crippen molar-refractivity contribution in [1.29, 1.82) is 0 Å². The van der Waals surface area contributed by atoms with Crippen LogP contribution in [-0.4, -0.2) is 10.5 Å². The molecule has 1 aromatic carbocycles. The third kappa shape index (κ3) is 3.53. The van der Waals surface area contributed by atoms with Crippen molar-refractivity contribution in [2.24, 2.45) is 5.73 Å². The summed E-state index contributed by atoms with van der Waals surface area (Å²) >= 11 is 0. The van der Waals surface area contributed by atoms with Gasteiger partial charge < -0.3 is 5.73 Å². The van der Waals surface area contributed by atoms with E-state index in [4.69, 9.17) is 5.73 Å². The number of benzene rings is 1. The second-order valence-corrected chi connectivity index (χ2v) is 5.37. The van der Waals surface area contributed by atoms with E-state index in [9.17, 15) is 0 Å². The first-order valence-electron chi connectivity index (χ1n) is 6.17. The second kappa shape index (κ2) is 4.84. The molecule has 0 aliphatic heterocycles. The molecule has 1 heterocycles. The minimum absolute atomic E-state index is 0.0571. The fourth-order valence-corrected chi connectivity index (χ4v) is 2.03. The summed E-state index contributed by atoms with van der Waals surface area (Å²) in [6.07, 6.45) is 5.11. The van der Waals surface area contributed by atoms with Gasteiger partial charge in [-0.3, -0.25) is 4.98 Å². The third-order valence-corrected chi connectivity index (χ3v) is 2.95. The van der Waals surface area contributed by atoms with Gasteiger partial charge >= 0.3 is 0 Å². The quantitative estimate of drug-likeness (QED) is 0.872. The summed E-state index contributed by atoms with van der Waals surface area (Å²) in [6.45, 7) is 4.16. The molecular weight excluding hydrogens is 208 g/mol. The lowest BCUT2D eigenvalue weighted by molar-refractivity contribution is 0.459. The van der Waals surface area contributed by atoms with Gasteiger partial charge in [0.15, 0.2) is 0 Å². The Morgan fingerprint density at radius 1 is 1.24 bits per heavy atom. The lowest BCUT2D eigenvalue weighted by Crippen LogP contribution is -2.31. The predicted octanol–water partition coefficient (Wildman–Crippen LogP) is 3.29. The monoisotopic (exact) mass is 228 g/mol. The van der Waals surface area contributed by atoms with E-state index in [0.29, 0.717) is 0 Å². The van der Waals surface area contributed by atoms with Crippen LogP contribution in [0.15, 0.2) is 36.5 Å². The second-order valence-electron chi connectivity index (χ2n) is 5.37. The molecule has 0 fully saturated rings. The first kappa shape index (κ1) is 12.1. The Balaban J connectivity index is 2.04. The highest BCUT2D eigenvalue weighted by atomic mass is 14.7. The molecule has 2 nitrogen and oxygen atoms in total. The van der Waals surface area contributed by atoms with E-state index in [2.05, 4.69) is 43.1 Å². The van der Waals surface area contributed by atoms with Crippen molar-refractivity contribution in [2.75, 3.05) is 0 Å². The Labute approximate surface area is 103 Å². The molecule has 0 spiro atoms. The van der Waals surface area contributed by atoms with Crippen LogP contribution in [0.4, 0.5) is 0 Å². The third-order valence-electron chi connectivity index (χ3n) is 2.95. The van der Waals surface area contributed by atoms with Gasteiger partial charge in [0, 0.05) is 17.1 Å². The van der Waals surface area contributed by atoms with Crippen molar-refractivity contribution >= 4 is 10.9 Å². The summed E-state index contributed by atoms with van der Waals surface area (Å²) in [5, 5.41) is 1.22. The maximum absolute atomic E-state index is 5.98. The maximum Gasteiger partial charge on any atom is 0.0702 e. The number of hydrogen-bond acceptors (Lipinski definition) is 2. The Kier molecular flexibility index (Phi) is 3.43. The highest BCUT2D eigenvalue weighted by Crippen LogP contribution is 2.16. The fraction of sp³-hybridized carbons (Fsp3) is 0.400. The number of nitrogens with two attached hydrogens (primary N) is 1. The highest BCUT2D eigenvalue weighted by molar-refractivity contribution is 5.78. The van der Waals surface area contributed by atoms with Gasteiger partial charge in [-0.25, -0.2) is 0 Å². The van der Waals surface area contributed by atoms with E-state index in [0.717, 1.165) is 24.8 Å². The molecule has 1 aromatic heterocycles. The smallest absolute Gasteiger partial charge is 0.0702 e. The van der Waals surface area contributed by atoms with Crippen LogP contribution in [0, 0.1) is 0 Å². The molecule has 0 atom stereocenters. The van der Waals surface area contributed by atoms with Crippen molar-refractivity contribution in [3.05, 3.63) is 42.1 Å². The first-order chi connectivity index (χ1) is 8.04. The lowest BCUT2D eigenvalue weighted by atomic mass is 9.96. The molecule has 0 aliphatic carbocycles. The Morgan fingerprint density at radius 3 is 2.82 bits per heavy atom. The number of rotatable bonds is 4. The van der Waals surface area contributed by atoms with Crippen LogP contribution in [0.1, 0.15) is 32.3 Å². The zero-order valence-corrected chi connectivity index (χ0v) is 10.6. The van der Waals surface area contributed by atoms with Crippen molar-refractivity contribution in [3.8, 4) is 0 Å². The van der Waals surface area contributed by atoms with Crippen molar-refractivity contribution in [2.45, 2.75) is 38.6 Å². The van der Waals surface area contributed by atoms with Crippen LogP contribution in [0.25, 0.3) is 10.9 Å². The van der Waals surface area contributed by atoms with Gasteiger partial charge in [-0.2, -0.15) is 0 Å². The maximum atomic E-state index is 5.98. The van der Waals surface area contributed by atoms with Crippen LogP contribution in [0.5, 0.6) is 0 Å². The molecule has 0 bridgehead atoms. The molecule has 2 heteroatoms. The molecule has 0 unspecified atom stereocenters. The molecule has 2 N–H and O–H groups in total. The summed E-state index contributed by atoms with van der Waals surface area (Å²) in [6, 6.07) is 10.6. The van der Waals surface area contributed by atoms with Crippen molar-refractivity contribution < 1.29 is 0 Å². The molecule has 0 aliphatic rings. The van der Waals surface area contributed by atoms with E-state index in [1.807, 2.05) is 12.3 Å². The SMILES string of the molecule is CC(C)(N)CCCc1ccc2ncccc2c1. The average molecular weight is 228 g/mol. The van der Waals surface area contributed by atoms with Crippen LogP contribution in [0.2, 0.25) is 0 Å². The van der Waals surface area contributed by atoms with Crippen LogP contribution < -0.4 is 5.73 Å². The number of nitrogens with zero attached hydrogens (tertiary/aromatic N) is 1. The minimum Gasteiger partial charge on any atom is -0.326 e. The van der Waals surface area contributed by atoms with E-state index in [-0.39, 0.29) is 5.54 Å². The van der Waals surface area contributed by atoms with Crippen molar-refractivity contribution in [1.82, 2.24) is 4.98 Å². The summed E-state index contributed by atoms with van der Waals surface area (Å²) in [4.78, 5) is 4.32. The Morgan fingerprint density at radius 2 is 2.06 bits per heavy atom. The Hall–Kier alpha value is -1.41. The van der Waals surface area contributed by atoms with Gasteiger partial charge in [0.1, 0.15) is 0 Å². The number of pyridine rings is 1. The minimum atomic E-state index is -0.0571. The number of aryl methyl sites for hydroxylation is 1. The lowest BCUT2D eigenvalue weighted by Gasteiger charge is -2.17. The number of hydrogen-bond donors (Lipinski definition) is 1. The summed E-state index contributed by atoms with van der Waals surface area (Å²) in [5.74, 6) is 0. The van der Waals surface area contributed by atoms with Crippen LogP contribution in [-0.2, 0) is 6.42 Å². The number of aromatic nitrogens is 1. The molecule has 0 saturated heterocycles. The van der Waals surface area contributed by atoms with E-state index >= 15 is 0 Å². The molecule has 2 aromatic rings. The van der Waals surface area contributed by atoms with Gasteiger partial charge in [-0.1, -0.05) is 12.1 Å². The van der Waals surface area contributed by atoms with E-state index in [1.165, 1.54) is 10.9 Å². The molecule has 2 rings (SSSR count). The Bertz CT molecular complexity index is 497. The van der Waals surface area contributed by atoms with Gasteiger partial charge in [-0.15, -0.1) is 0 Å². The van der Waals surface area contributed by atoms with Gasteiger partial charge in [-0.05, 0) is 56.9 Å². The van der Waals surface area contributed by atoms with Crippen LogP contribution in [0.3, 0.4) is 0 Å². The largest absolute Gasteiger partial charge is 0.326 e. The molecule has 90 valence electrons. The highest BCUT2D eigenvalue weighted by Gasteiger charge is 2.09. The number of fused-ring (bicyclic) bond motifs is 1. The fourth-order valence-electron chi connectivity index (χ4n) is 2.03. The summed E-state index contributed by atoms with van der Waals surface area (Å²) in [7, 11) is 0. The van der Waals surface area contributed by atoms with E-state index in [1.54, 1.807) is 0 Å². The van der Waals surface area contributed by atoms with Gasteiger partial charge in [0.25, 0.3) is 0 Å². The zero-order chi connectivity index (χ0) is 12.3. The van der Waals surface area contributed by atoms with E-state index < -0.39 is 0 Å². The normalized spacial score (nSPS) is 11.9. The molecule has 0 amide bonds. The van der Waals surface area contributed by atoms with Gasteiger partial charge in [0.2, 0.25) is 0 Å². The van der Waals surface area contributed by atoms with Crippen LogP contribution >= 0.6 is 0 Å². The van der Waals surface area contributed by atoms with Crippen molar-refractivity contribution in [3.63, 3.8) is 0 Å². The summed E-state index contributed by atoms with van der Waals surface area (Å²) < 4.78 is 0. The summed E-state index contributed by atoms with van der Waals surface area (Å²) in [5.41, 5.74) is 8.36.